The molecule has 0 aliphatic rings. The van der Waals surface area contributed by atoms with Crippen LogP contribution >= 0.6 is 11.8 Å². The van der Waals surface area contributed by atoms with Gasteiger partial charge in [-0.25, -0.2) is 0 Å². The Morgan fingerprint density at radius 2 is 1.74 bits per heavy atom. The molecule has 0 aromatic heterocycles. The highest BCUT2D eigenvalue weighted by molar-refractivity contribution is 8.00. The van der Waals surface area contributed by atoms with E-state index in [1.807, 2.05) is 0 Å². The lowest BCUT2D eigenvalue weighted by Crippen LogP contribution is -2.27. The van der Waals surface area contributed by atoms with Crippen LogP contribution in [0.1, 0.15) is 28.4 Å². The molecule has 2 aromatic carbocycles. The summed E-state index contributed by atoms with van der Waals surface area (Å²) in [4.78, 5) is 23.9. The second-order valence-electron chi connectivity index (χ2n) is 5.76. The molecule has 1 unspecified atom stereocenters. The minimum atomic E-state index is -4.45. The smallest absolute Gasteiger partial charge is 0.416 e. The van der Waals surface area contributed by atoms with Crippen LogP contribution in [0.15, 0.2) is 53.4 Å². The van der Waals surface area contributed by atoms with E-state index in [9.17, 15) is 22.8 Å². The van der Waals surface area contributed by atoms with Gasteiger partial charge in [0, 0.05) is 11.4 Å². The zero-order valence-corrected chi connectivity index (χ0v) is 15.2. The zero-order chi connectivity index (χ0) is 20.0. The van der Waals surface area contributed by atoms with Gasteiger partial charge in [-0.15, -0.1) is 11.8 Å². The molecule has 144 valence electrons. The largest absolute Gasteiger partial charge is 0.480 e. The van der Waals surface area contributed by atoms with Crippen LogP contribution in [0.2, 0.25) is 0 Å². The van der Waals surface area contributed by atoms with Crippen LogP contribution in [0.5, 0.6) is 0 Å². The average Bonchev–Trinajstić information content (AvgIpc) is 2.61. The second-order valence-corrected chi connectivity index (χ2v) is 7.14. The fraction of sp³-hybridized carbons (Fsp3) is 0.263. The lowest BCUT2D eigenvalue weighted by atomic mass is 10.0. The summed E-state index contributed by atoms with van der Waals surface area (Å²) in [5.74, 6) is -1.46. The van der Waals surface area contributed by atoms with Crippen molar-refractivity contribution < 1.29 is 27.9 Å². The Morgan fingerprint density at radius 3 is 2.41 bits per heavy atom. The van der Waals surface area contributed by atoms with E-state index < -0.39 is 28.9 Å². The highest BCUT2D eigenvalue weighted by atomic mass is 32.2. The van der Waals surface area contributed by atoms with E-state index in [1.165, 1.54) is 25.1 Å². The molecular formula is C19H18F3NO3S. The minimum Gasteiger partial charge on any atom is -0.480 e. The van der Waals surface area contributed by atoms with Crippen LogP contribution in [0.3, 0.4) is 0 Å². The van der Waals surface area contributed by atoms with Crippen LogP contribution in [-0.4, -0.2) is 28.8 Å². The van der Waals surface area contributed by atoms with E-state index >= 15 is 0 Å². The number of rotatable bonds is 7. The van der Waals surface area contributed by atoms with Crippen LogP contribution in [0, 0.1) is 0 Å². The molecule has 2 rings (SSSR count). The Kier molecular flexibility index (Phi) is 6.90. The third-order valence-corrected chi connectivity index (χ3v) is 4.95. The Labute approximate surface area is 158 Å². The third-order valence-electron chi connectivity index (χ3n) is 3.79. The van der Waals surface area contributed by atoms with Gasteiger partial charge in [-0.3, -0.25) is 9.59 Å². The van der Waals surface area contributed by atoms with Crippen LogP contribution in [0.25, 0.3) is 0 Å². The van der Waals surface area contributed by atoms with Gasteiger partial charge in [0.2, 0.25) is 0 Å². The first-order valence-corrected chi connectivity index (χ1v) is 9.00. The van der Waals surface area contributed by atoms with Crippen molar-refractivity contribution in [3.63, 3.8) is 0 Å². The lowest BCUT2D eigenvalue weighted by molar-refractivity contribution is -0.138. The topological polar surface area (TPSA) is 66.4 Å². The van der Waals surface area contributed by atoms with E-state index in [0.717, 1.165) is 17.8 Å². The number of carboxylic acid groups (broad SMARTS) is 1. The number of carbonyl (C=O) groups is 2. The third kappa shape index (κ3) is 5.75. The number of carboxylic acids is 1. The maximum absolute atomic E-state index is 13.0. The number of benzene rings is 2. The summed E-state index contributed by atoms with van der Waals surface area (Å²) in [6, 6.07) is 11.8. The van der Waals surface area contributed by atoms with E-state index in [0.29, 0.717) is 10.5 Å². The molecule has 1 atom stereocenters. The van der Waals surface area contributed by atoms with Crippen molar-refractivity contribution in [1.29, 1.82) is 0 Å². The fourth-order valence-electron chi connectivity index (χ4n) is 2.42. The summed E-state index contributed by atoms with van der Waals surface area (Å²) in [7, 11) is 0. The summed E-state index contributed by atoms with van der Waals surface area (Å²) in [5.41, 5.74) is -0.322. The molecule has 0 saturated heterocycles. The molecule has 0 spiro atoms. The summed E-state index contributed by atoms with van der Waals surface area (Å²) in [6.07, 6.45) is -4.42. The molecule has 0 radical (unpaired) electrons. The van der Waals surface area contributed by atoms with Crippen molar-refractivity contribution in [2.24, 2.45) is 0 Å². The number of carbonyl (C=O) groups excluding carboxylic acids is 1. The molecule has 4 nitrogen and oxygen atoms in total. The van der Waals surface area contributed by atoms with Gasteiger partial charge < -0.3 is 10.4 Å². The molecule has 0 saturated carbocycles. The standard InChI is InChI=1S/C19H18F3NO3S/c1-12(18(25)26)27-16-9-5-3-7-14(16)17(24)23-11-10-13-6-2-4-8-15(13)19(20,21)22/h2-9,12H,10-11H2,1H3,(H,23,24)(H,25,26). The first kappa shape index (κ1) is 20.8. The number of nitrogens with one attached hydrogen (secondary N) is 1. The quantitative estimate of drug-likeness (QED) is 0.686. The SMILES string of the molecule is CC(Sc1ccccc1C(=O)NCCc1ccccc1C(F)(F)F)C(=O)O. The van der Waals surface area contributed by atoms with E-state index in [1.54, 1.807) is 24.3 Å². The molecule has 2 N–H and O–H groups in total. The minimum absolute atomic E-state index is 0.0272. The Morgan fingerprint density at radius 1 is 1.11 bits per heavy atom. The average molecular weight is 397 g/mol. The Balaban J connectivity index is 2.05. The predicted molar refractivity (Wildman–Crippen MR) is 96.9 cm³/mol. The number of alkyl halides is 3. The molecule has 0 heterocycles. The van der Waals surface area contributed by atoms with E-state index in [4.69, 9.17) is 5.11 Å². The lowest BCUT2D eigenvalue weighted by Gasteiger charge is -2.14. The van der Waals surface area contributed by atoms with Gasteiger partial charge in [-0.1, -0.05) is 30.3 Å². The van der Waals surface area contributed by atoms with Crippen molar-refractivity contribution in [3.05, 3.63) is 65.2 Å². The monoisotopic (exact) mass is 397 g/mol. The number of thioether (sulfide) groups is 1. The maximum atomic E-state index is 13.0. The number of aliphatic carboxylic acids is 1. The highest BCUT2D eigenvalue weighted by Gasteiger charge is 2.32. The number of halogens is 3. The van der Waals surface area contributed by atoms with Gasteiger partial charge in [0.1, 0.15) is 5.25 Å². The van der Waals surface area contributed by atoms with Gasteiger partial charge in [-0.2, -0.15) is 13.2 Å². The molecule has 0 fully saturated rings. The van der Waals surface area contributed by atoms with E-state index in [-0.39, 0.29) is 18.5 Å². The molecule has 0 bridgehead atoms. The maximum Gasteiger partial charge on any atom is 0.416 e. The van der Waals surface area contributed by atoms with E-state index in [2.05, 4.69) is 5.32 Å². The molecule has 27 heavy (non-hydrogen) atoms. The molecule has 8 heteroatoms. The van der Waals surface area contributed by atoms with Gasteiger partial charge >= 0.3 is 12.1 Å². The molecule has 2 aromatic rings. The van der Waals surface area contributed by atoms with Crippen molar-refractivity contribution in [1.82, 2.24) is 5.32 Å². The first-order chi connectivity index (χ1) is 12.7. The highest BCUT2D eigenvalue weighted by Crippen LogP contribution is 2.32. The van der Waals surface area contributed by atoms with Crippen molar-refractivity contribution in [2.75, 3.05) is 6.54 Å². The van der Waals surface area contributed by atoms with Gasteiger partial charge in [0.25, 0.3) is 5.91 Å². The first-order valence-electron chi connectivity index (χ1n) is 8.12. The number of hydrogen-bond acceptors (Lipinski definition) is 3. The second kappa shape index (κ2) is 8.94. The summed E-state index contributed by atoms with van der Waals surface area (Å²) < 4.78 is 39.0. The summed E-state index contributed by atoms with van der Waals surface area (Å²) in [6.45, 7) is 1.54. The molecule has 1 amide bonds. The van der Waals surface area contributed by atoms with Gasteiger partial charge in [0.05, 0.1) is 11.1 Å². The fourth-order valence-corrected chi connectivity index (χ4v) is 3.35. The Hall–Kier alpha value is -2.48. The number of hydrogen-bond donors (Lipinski definition) is 2. The van der Waals surface area contributed by atoms with Crippen molar-refractivity contribution in [2.45, 2.75) is 29.7 Å². The van der Waals surface area contributed by atoms with Crippen molar-refractivity contribution >= 4 is 23.6 Å². The molecule has 0 aliphatic heterocycles. The zero-order valence-electron chi connectivity index (χ0n) is 14.4. The number of amides is 1. The summed E-state index contributed by atoms with van der Waals surface area (Å²) in [5, 5.41) is 10.9. The van der Waals surface area contributed by atoms with Crippen molar-refractivity contribution in [3.8, 4) is 0 Å². The van der Waals surface area contributed by atoms with Crippen LogP contribution in [0.4, 0.5) is 13.2 Å². The van der Waals surface area contributed by atoms with Gasteiger partial charge in [-0.05, 0) is 37.1 Å². The molecule has 0 aliphatic carbocycles. The summed E-state index contributed by atoms with van der Waals surface area (Å²) >= 11 is 1.03. The predicted octanol–water partition coefficient (Wildman–Crippen LogP) is 4.24. The van der Waals surface area contributed by atoms with Crippen LogP contribution in [-0.2, 0) is 17.4 Å². The van der Waals surface area contributed by atoms with Gasteiger partial charge in [0.15, 0.2) is 0 Å². The normalized spacial score (nSPS) is 12.4. The van der Waals surface area contributed by atoms with Crippen LogP contribution < -0.4 is 5.32 Å². The molecular weight excluding hydrogens is 379 g/mol. The Bertz CT molecular complexity index is 824.